The zero-order valence-corrected chi connectivity index (χ0v) is 11.2. The molecule has 2 nitrogen and oxygen atoms in total. The van der Waals surface area contributed by atoms with E-state index in [4.69, 9.17) is 0 Å². The summed E-state index contributed by atoms with van der Waals surface area (Å²) in [7, 11) is 0. The number of halogens is 1. The van der Waals surface area contributed by atoms with Gasteiger partial charge in [-0.05, 0) is 25.0 Å². The number of hydrogen-bond acceptors (Lipinski definition) is 2. The van der Waals surface area contributed by atoms with Gasteiger partial charge in [0.15, 0.2) is 0 Å². The third-order valence-corrected chi connectivity index (χ3v) is 4.95. The first-order valence-corrected chi connectivity index (χ1v) is 7.37. The molecule has 3 unspecified atom stereocenters. The van der Waals surface area contributed by atoms with Crippen molar-refractivity contribution in [2.75, 3.05) is 16.8 Å². The van der Waals surface area contributed by atoms with Gasteiger partial charge in [0.2, 0.25) is 5.91 Å². The largest absolute Gasteiger partial charge is 0.353 e. The Labute approximate surface area is 98.7 Å². The van der Waals surface area contributed by atoms with Gasteiger partial charge in [-0.25, -0.2) is 0 Å². The molecule has 1 aliphatic rings. The number of alkyl halides is 1. The van der Waals surface area contributed by atoms with Crippen LogP contribution in [0.2, 0.25) is 0 Å². The van der Waals surface area contributed by atoms with E-state index in [1.807, 2.05) is 11.8 Å². The number of amides is 1. The monoisotopic (exact) mass is 279 g/mol. The Morgan fingerprint density at radius 2 is 2.36 bits per heavy atom. The van der Waals surface area contributed by atoms with E-state index in [-0.39, 0.29) is 17.9 Å². The lowest BCUT2D eigenvalue weighted by Gasteiger charge is -2.21. The van der Waals surface area contributed by atoms with Gasteiger partial charge in [-0.1, -0.05) is 22.9 Å². The second-order valence-corrected chi connectivity index (χ2v) is 5.79. The summed E-state index contributed by atoms with van der Waals surface area (Å²) < 4.78 is 0. The standard InChI is InChI=1S/C10H18BrNOS/c1-7(5-11)8(2)12-10(13)9-3-4-14-6-9/h7-9H,3-6H2,1-2H3,(H,12,13). The van der Waals surface area contributed by atoms with E-state index < -0.39 is 0 Å². The molecule has 0 aliphatic carbocycles. The fraction of sp³-hybridized carbons (Fsp3) is 0.900. The molecule has 3 atom stereocenters. The summed E-state index contributed by atoms with van der Waals surface area (Å²) in [5.74, 6) is 3.13. The normalized spacial score (nSPS) is 25.8. The van der Waals surface area contributed by atoms with Crippen LogP contribution in [-0.4, -0.2) is 28.8 Å². The van der Waals surface area contributed by atoms with Crippen LogP contribution in [0.5, 0.6) is 0 Å². The number of thioether (sulfide) groups is 1. The average molecular weight is 280 g/mol. The Balaban J connectivity index is 2.31. The highest BCUT2D eigenvalue weighted by Gasteiger charge is 2.25. The van der Waals surface area contributed by atoms with Crippen molar-refractivity contribution in [3.05, 3.63) is 0 Å². The topological polar surface area (TPSA) is 29.1 Å². The Morgan fingerprint density at radius 1 is 1.64 bits per heavy atom. The second kappa shape index (κ2) is 6.01. The SMILES string of the molecule is CC(CBr)C(C)NC(=O)C1CCSC1. The van der Waals surface area contributed by atoms with Gasteiger partial charge in [0.05, 0.1) is 0 Å². The molecule has 1 heterocycles. The molecule has 1 aliphatic heterocycles. The van der Waals surface area contributed by atoms with Gasteiger partial charge in [-0.3, -0.25) is 4.79 Å². The number of carbonyl (C=O) groups is 1. The molecule has 14 heavy (non-hydrogen) atoms. The van der Waals surface area contributed by atoms with E-state index in [9.17, 15) is 4.79 Å². The molecule has 0 spiro atoms. The maximum atomic E-state index is 11.7. The van der Waals surface area contributed by atoms with E-state index in [1.165, 1.54) is 0 Å². The van der Waals surface area contributed by atoms with Crippen LogP contribution in [0.15, 0.2) is 0 Å². The van der Waals surface area contributed by atoms with Crippen LogP contribution in [0.4, 0.5) is 0 Å². The quantitative estimate of drug-likeness (QED) is 0.800. The smallest absolute Gasteiger partial charge is 0.224 e. The molecular formula is C10H18BrNOS. The van der Waals surface area contributed by atoms with E-state index in [1.54, 1.807) is 0 Å². The molecule has 1 N–H and O–H groups in total. The van der Waals surface area contributed by atoms with Crippen molar-refractivity contribution in [1.29, 1.82) is 0 Å². The molecule has 0 aromatic carbocycles. The van der Waals surface area contributed by atoms with Crippen molar-refractivity contribution < 1.29 is 4.79 Å². The third-order valence-electron chi connectivity index (χ3n) is 2.77. The molecule has 1 fully saturated rings. The Kier molecular flexibility index (Phi) is 5.31. The van der Waals surface area contributed by atoms with E-state index in [0.717, 1.165) is 23.3 Å². The molecule has 0 aromatic heterocycles. The lowest BCUT2D eigenvalue weighted by atomic mass is 10.0. The third kappa shape index (κ3) is 3.46. The van der Waals surface area contributed by atoms with Crippen LogP contribution in [0.3, 0.4) is 0 Å². The predicted octanol–water partition coefficient (Wildman–Crippen LogP) is 2.28. The molecule has 1 rings (SSSR count). The van der Waals surface area contributed by atoms with Gasteiger partial charge < -0.3 is 5.32 Å². The molecule has 0 bridgehead atoms. The Bertz CT molecular complexity index is 195. The van der Waals surface area contributed by atoms with Crippen molar-refractivity contribution in [3.63, 3.8) is 0 Å². The number of nitrogens with one attached hydrogen (secondary N) is 1. The number of rotatable bonds is 4. The number of hydrogen-bond donors (Lipinski definition) is 1. The Morgan fingerprint density at radius 3 is 2.86 bits per heavy atom. The summed E-state index contributed by atoms with van der Waals surface area (Å²) in [6.07, 6.45) is 1.05. The van der Waals surface area contributed by atoms with Gasteiger partial charge in [0.25, 0.3) is 0 Å². The molecular weight excluding hydrogens is 262 g/mol. The fourth-order valence-corrected chi connectivity index (χ4v) is 3.14. The summed E-state index contributed by atoms with van der Waals surface area (Å²) >= 11 is 5.32. The zero-order chi connectivity index (χ0) is 10.6. The van der Waals surface area contributed by atoms with Crippen LogP contribution >= 0.6 is 27.7 Å². The molecule has 4 heteroatoms. The molecule has 1 saturated heterocycles. The maximum Gasteiger partial charge on any atom is 0.224 e. The highest BCUT2D eigenvalue weighted by atomic mass is 79.9. The maximum absolute atomic E-state index is 11.7. The van der Waals surface area contributed by atoms with Gasteiger partial charge >= 0.3 is 0 Å². The van der Waals surface area contributed by atoms with Crippen molar-refractivity contribution in [1.82, 2.24) is 5.32 Å². The molecule has 82 valence electrons. The van der Waals surface area contributed by atoms with Crippen molar-refractivity contribution in [3.8, 4) is 0 Å². The summed E-state index contributed by atoms with van der Waals surface area (Å²) in [6.45, 7) is 4.22. The zero-order valence-electron chi connectivity index (χ0n) is 8.75. The summed E-state index contributed by atoms with van der Waals surface area (Å²) in [4.78, 5) is 11.7. The first-order valence-electron chi connectivity index (χ1n) is 5.09. The van der Waals surface area contributed by atoms with Crippen LogP contribution in [0, 0.1) is 11.8 Å². The van der Waals surface area contributed by atoms with E-state index in [2.05, 4.69) is 35.1 Å². The van der Waals surface area contributed by atoms with Gasteiger partial charge in [-0.15, -0.1) is 0 Å². The fourth-order valence-electron chi connectivity index (χ4n) is 1.36. The Hall–Kier alpha value is 0.300. The number of carbonyl (C=O) groups excluding carboxylic acids is 1. The van der Waals surface area contributed by atoms with Crippen molar-refractivity contribution >= 4 is 33.6 Å². The van der Waals surface area contributed by atoms with Crippen LogP contribution in [-0.2, 0) is 4.79 Å². The summed E-state index contributed by atoms with van der Waals surface area (Å²) in [5, 5.41) is 4.03. The molecule has 0 saturated carbocycles. The summed E-state index contributed by atoms with van der Waals surface area (Å²) in [6, 6.07) is 0.271. The van der Waals surface area contributed by atoms with Crippen LogP contribution in [0.1, 0.15) is 20.3 Å². The van der Waals surface area contributed by atoms with Crippen molar-refractivity contribution in [2.45, 2.75) is 26.3 Å². The van der Waals surface area contributed by atoms with Crippen LogP contribution in [0.25, 0.3) is 0 Å². The average Bonchev–Trinajstić information content (AvgIpc) is 2.69. The first kappa shape index (κ1) is 12.4. The highest BCUT2D eigenvalue weighted by molar-refractivity contribution is 9.09. The second-order valence-electron chi connectivity index (χ2n) is 3.99. The van der Waals surface area contributed by atoms with Gasteiger partial charge in [0, 0.05) is 23.0 Å². The highest BCUT2D eigenvalue weighted by Crippen LogP contribution is 2.23. The van der Waals surface area contributed by atoms with Gasteiger partial charge in [0.1, 0.15) is 0 Å². The van der Waals surface area contributed by atoms with Crippen molar-refractivity contribution in [2.24, 2.45) is 11.8 Å². The van der Waals surface area contributed by atoms with Crippen LogP contribution < -0.4 is 5.32 Å². The molecule has 0 radical (unpaired) electrons. The van der Waals surface area contributed by atoms with E-state index in [0.29, 0.717) is 5.92 Å². The summed E-state index contributed by atoms with van der Waals surface area (Å²) in [5.41, 5.74) is 0. The predicted molar refractivity (Wildman–Crippen MR) is 66.0 cm³/mol. The minimum Gasteiger partial charge on any atom is -0.353 e. The van der Waals surface area contributed by atoms with E-state index >= 15 is 0 Å². The minimum absolute atomic E-state index is 0.246. The lowest BCUT2D eigenvalue weighted by Crippen LogP contribution is -2.41. The first-order chi connectivity index (χ1) is 6.65. The molecule has 1 amide bonds. The van der Waals surface area contributed by atoms with Gasteiger partial charge in [-0.2, -0.15) is 11.8 Å². The molecule has 0 aromatic rings. The lowest BCUT2D eigenvalue weighted by molar-refractivity contribution is -0.125. The minimum atomic E-state index is 0.246.